The average Bonchev–Trinajstić information content (AvgIpc) is 2.42. The van der Waals surface area contributed by atoms with Gasteiger partial charge in [-0.1, -0.05) is 0 Å². The molecule has 9 nitrogen and oxygen atoms in total. The van der Waals surface area contributed by atoms with Crippen molar-refractivity contribution in [3.8, 4) is 0 Å². The molecule has 3 amide bonds. The zero-order valence-corrected chi connectivity index (χ0v) is 12.6. The first-order valence-corrected chi connectivity index (χ1v) is 6.79. The number of thiol groups is 1. The Bertz CT molecular complexity index is 417. The summed E-state index contributed by atoms with van der Waals surface area (Å²) in [6.45, 7) is 2.28. The van der Waals surface area contributed by atoms with Crippen LogP contribution in [0.15, 0.2) is 0 Å². The monoisotopic (exact) mass is 320 g/mol. The van der Waals surface area contributed by atoms with Gasteiger partial charge in [0.05, 0.1) is 6.04 Å². The highest BCUT2D eigenvalue weighted by Crippen LogP contribution is 1.90. The minimum Gasteiger partial charge on any atom is -0.480 e. The van der Waals surface area contributed by atoms with Crippen LogP contribution < -0.4 is 21.7 Å². The lowest BCUT2D eigenvalue weighted by Gasteiger charge is -2.19. The second-order valence-electron chi connectivity index (χ2n) is 4.36. The molecule has 0 saturated carbocycles. The van der Waals surface area contributed by atoms with Crippen molar-refractivity contribution in [3.05, 3.63) is 0 Å². The van der Waals surface area contributed by atoms with Gasteiger partial charge in [0.15, 0.2) is 0 Å². The van der Waals surface area contributed by atoms with Crippen LogP contribution >= 0.6 is 12.6 Å². The van der Waals surface area contributed by atoms with Gasteiger partial charge >= 0.3 is 5.97 Å². The molecule has 0 spiro atoms. The maximum Gasteiger partial charge on any atom is 0.322 e. The van der Waals surface area contributed by atoms with Gasteiger partial charge < -0.3 is 26.8 Å². The standard InChI is InChI=1S/C11H20N4O5S/c1-5(9(18)13-3-8(16)17)14-10(19)6(2)15-11(20)7(12)4-21/h5-7,21H,3-4,12H2,1-2H3,(H,13,18)(H,14,19)(H,15,20)(H,16,17). The number of hydrogen-bond acceptors (Lipinski definition) is 6. The summed E-state index contributed by atoms with van der Waals surface area (Å²) in [5, 5.41) is 15.3. The molecule has 0 rings (SSSR count). The first-order chi connectivity index (χ1) is 9.68. The number of hydrogen-bond donors (Lipinski definition) is 6. The van der Waals surface area contributed by atoms with Crippen molar-refractivity contribution >= 4 is 36.3 Å². The van der Waals surface area contributed by atoms with Gasteiger partial charge in [-0.05, 0) is 13.8 Å². The van der Waals surface area contributed by atoms with E-state index in [-0.39, 0.29) is 5.75 Å². The summed E-state index contributed by atoms with van der Waals surface area (Å²) in [6, 6.07) is -2.66. The number of carbonyl (C=O) groups is 4. The van der Waals surface area contributed by atoms with E-state index in [0.717, 1.165) is 0 Å². The van der Waals surface area contributed by atoms with Gasteiger partial charge in [-0.3, -0.25) is 19.2 Å². The Labute approximate surface area is 127 Å². The number of amides is 3. The fourth-order valence-electron chi connectivity index (χ4n) is 1.19. The Balaban J connectivity index is 4.30. The van der Waals surface area contributed by atoms with Crippen LogP contribution in [0, 0.1) is 0 Å². The molecule has 120 valence electrons. The summed E-state index contributed by atoms with van der Waals surface area (Å²) in [7, 11) is 0. The van der Waals surface area contributed by atoms with E-state index in [9.17, 15) is 19.2 Å². The molecular weight excluding hydrogens is 300 g/mol. The third-order valence-corrected chi connectivity index (χ3v) is 2.84. The molecule has 0 aliphatic heterocycles. The van der Waals surface area contributed by atoms with Crippen molar-refractivity contribution in [2.24, 2.45) is 5.73 Å². The second-order valence-corrected chi connectivity index (χ2v) is 4.73. The fraction of sp³-hybridized carbons (Fsp3) is 0.636. The van der Waals surface area contributed by atoms with Crippen molar-refractivity contribution in [2.45, 2.75) is 32.0 Å². The molecule has 6 N–H and O–H groups in total. The van der Waals surface area contributed by atoms with E-state index in [1.807, 2.05) is 0 Å². The first-order valence-electron chi connectivity index (χ1n) is 6.15. The molecule has 0 aromatic carbocycles. The summed E-state index contributed by atoms with van der Waals surface area (Å²) in [6.07, 6.45) is 0. The molecule has 0 fully saturated rings. The Kier molecular flexibility index (Phi) is 8.39. The van der Waals surface area contributed by atoms with Crippen molar-refractivity contribution in [2.75, 3.05) is 12.3 Å². The molecule has 21 heavy (non-hydrogen) atoms. The van der Waals surface area contributed by atoms with E-state index in [0.29, 0.717) is 0 Å². The number of carboxylic acids is 1. The number of rotatable bonds is 8. The number of carboxylic acid groups (broad SMARTS) is 1. The number of carbonyl (C=O) groups excluding carboxylic acids is 3. The van der Waals surface area contributed by atoms with Gasteiger partial charge in [0.25, 0.3) is 0 Å². The molecule has 10 heteroatoms. The molecule has 0 heterocycles. The highest BCUT2D eigenvalue weighted by atomic mass is 32.1. The van der Waals surface area contributed by atoms with E-state index in [1.54, 1.807) is 0 Å². The molecule has 0 aliphatic rings. The fourth-order valence-corrected chi connectivity index (χ4v) is 1.35. The first kappa shape index (κ1) is 19.2. The van der Waals surface area contributed by atoms with Crippen LogP contribution in [-0.4, -0.2) is 59.2 Å². The molecule has 0 saturated heterocycles. The maximum atomic E-state index is 11.8. The van der Waals surface area contributed by atoms with E-state index < -0.39 is 48.4 Å². The molecule has 0 radical (unpaired) electrons. The van der Waals surface area contributed by atoms with Gasteiger partial charge in [-0.25, -0.2) is 0 Å². The lowest BCUT2D eigenvalue weighted by Crippen LogP contribution is -2.54. The van der Waals surface area contributed by atoms with E-state index in [1.165, 1.54) is 13.8 Å². The Morgan fingerprint density at radius 1 is 1.05 bits per heavy atom. The largest absolute Gasteiger partial charge is 0.480 e. The van der Waals surface area contributed by atoms with Gasteiger partial charge in [-0.15, -0.1) is 0 Å². The molecule has 0 bridgehead atoms. The summed E-state index contributed by atoms with van der Waals surface area (Å²) < 4.78 is 0. The summed E-state index contributed by atoms with van der Waals surface area (Å²) in [4.78, 5) is 45.0. The van der Waals surface area contributed by atoms with E-state index in [4.69, 9.17) is 10.8 Å². The predicted molar refractivity (Wildman–Crippen MR) is 77.7 cm³/mol. The van der Waals surface area contributed by atoms with Crippen molar-refractivity contribution in [3.63, 3.8) is 0 Å². The molecule has 3 unspecified atom stereocenters. The highest BCUT2D eigenvalue weighted by Gasteiger charge is 2.22. The third-order valence-electron chi connectivity index (χ3n) is 2.45. The molecule has 0 aliphatic carbocycles. The molecule has 3 atom stereocenters. The van der Waals surface area contributed by atoms with Crippen molar-refractivity contribution in [1.29, 1.82) is 0 Å². The van der Waals surface area contributed by atoms with Gasteiger partial charge in [-0.2, -0.15) is 12.6 Å². The van der Waals surface area contributed by atoms with Gasteiger partial charge in [0.2, 0.25) is 17.7 Å². The molecular formula is C11H20N4O5S. The topological polar surface area (TPSA) is 151 Å². The summed E-state index contributed by atoms with van der Waals surface area (Å²) in [5.74, 6) is -2.82. The minimum absolute atomic E-state index is 0.133. The zero-order valence-electron chi connectivity index (χ0n) is 11.8. The van der Waals surface area contributed by atoms with Crippen molar-refractivity contribution < 1.29 is 24.3 Å². The summed E-state index contributed by atoms with van der Waals surface area (Å²) >= 11 is 3.86. The van der Waals surface area contributed by atoms with Gasteiger partial charge in [0, 0.05) is 5.75 Å². The SMILES string of the molecule is CC(NC(=O)C(N)CS)C(=O)NC(C)C(=O)NCC(=O)O. The second kappa shape index (κ2) is 9.19. The Hall–Kier alpha value is -1.81. The number of aliphatic carboxylic acids is 1. The third kappa shape index (κ3) is 7.51. The number of nitrogens with two attached hydrogens (primary N) is 1. The van der Waals surface area contributed by atoms with Crippen LogP contribution in [0.2, 0.25) is 0 Å². The lowest BCUT2D eigenvalue weighted by atomic mass is 10.2. The van der Waals surface area contributed by atoms with E-state index >= 15 is 0 Å². The van der Waals surface area contributed by atoms with Crippen molar-refractivity contribution in [1.82, 2.24) is 16.0 Å². The number of nitrogens with one attached hydrogen (secondary N) is 3. The smallest absolute Gasteiger partial charge is 0.322 e. The van der Waals surface area contributed by atoms with Crippen LogP contribution in [0.1, 0.15) is 13.8 Å². The van der Waals surface area contributed by atoms with Crippen LogP contribution in [0.25, 0.3) is 0 Å². The lowest BCUT2D eigenvalue weighted by molar-refractivity contribution is -0.138. The molecule has 0 aromatic rings. The average molecular weight is 320 g/mol. The molecule has 0 aromatic heterocycles. The van der Waals surface area contributed by atoms with Gasteiger partial charge in [0.1, 0.15) is 18.6 Å². The van der Waals surface area contributed by atoms with Crippen LogP contribution in [-0.2, 0) is 19.2 Å². The normalized spacial score (nSPS) is 14.5. The van der Waals surface area contributed by atoms with Crippen LogP contribution in [0.4, 0.5) is 0 Å². The van der Waals surface area contributed by atoms with Crippen LogP contribution in [0.5, 0.6) is 0 Å². The highest BCUT2D eigenvalue weighted by molar-refractivity contribution is 7.80. The minimum atomic E-state index is -1.19. The Morgan fingerprint density at radius 2 is 1.52 bits per heavy atom. The maximum absolute atomic E-state index is 11.8. The zero-order chi connectivity index (χ0) is 16.6. The van der Waals surface area contributed by atoms with Crippen LogP contribution in [0.3, 0.4) is 0 Å². The van der Waals surface area contributed by atoms with E-state index in [2.05, 4.69) is 28.6 Å². The predicted octanol–water partition coefficient (Wildman–Crippen LogP) is -2.55. The Morgan fingerprint density at radius 3 is 2.00 bits per heavy atom. The summed E-state index contributed by atoms with van der Waals surface area (Å²) in [5.41, 5.74) is 5.44. The quantitative estimate of drug-likeness (QED) is 0.271.